The van der Waals surface area contributed by atoms with Crippen LogP contribution >= 0.6 is 0 Å². The molecule has 2 heterocycles. The first-order valence-corrected chi connectivity index (χ1v) is 5.69. The first kappa shape index (κ1) is 9.22. The Hall–Kier alpha value is -1.02. The van der Waals surface area contributed by atoms with E-state index in [1.54, 1.807) is 0 Å². The van der Waals surface area contributed by atoms with E-state index in [1.165, 1.54) is 12.0 Å². The quantitative estimate of drug-likeness (QED) is 0.795. The van der Waals surface area contributed by atoms with Gasteiger partial charge in [-0.2, -0.15) is 0 Å². The van der Waals surface area contributed by atoms with Gasteiger partial charge in [-0.3, -0.25) is 0 Å². The molecule has 2 nitrogen and oxygen atoms in total. The fourth-order valence-corrected chi connectivity index (χ4v) is 2.69. The predicted molar refractivity (Wildman–Crippen MR) is 60.3 cm³/mol. The summed E-state index contributed by atoms with van der Waals surface area (Å²) in [6, 6.07) is 8.45. The average molecular weight is 203 g/mol. The van der Waals surface area contributed by atoms with Crippen molar-refractivity contribution in [2.75, 3.05) is 19.7 Å². The number of rotatable bonds is 2. The molecule has 2 heteroatoms. The van der Waals surface area contributed by atoms with Gasteiger partial charge in [-0.15, -0.1) is 0 Å². The molecule has 1 aromatic rings. The third kappa shape index (κ3) is 1.53. The minimum atomic E-state index is 0.492. The van der Waals surface area contributed by atoms with Crippen LogP contribution in [0.5, 0.6) is 5.75 Å². The summed E-state index contributed by atoms with van der Waals surface area (Å²) in [7, 11) is 0. The van der Waals surface area contributed by atoms with Crippen LogP contribution in [-0.2, 0) is 0 Å². The number of ether oxygens (including phenoxy) is 1. The second-order valence-corrected chi connectivity index (χ2v) is 5.16. The molecular weight excluding hydrogens is 186 g/mol. The Bertz CT molecular complexity index is 371. The van der Waals surface area contributed by atoms with Crippen LogP contribution in [0, 0.1) is 5.41 Å². The zero-order chi connectivity index (χ0) is 10.3. The number of para-hydroxylation sites is 1. The maximum Gasteiger partial charge on any atom is 0.122 e. The largest absolute Gasteiger partial charge is 0.493 e. The highest BCUT2D eigenvalue weighted by Gasteiger charge is 2.37. The fraction of sp³-hybridized carbons (Fsp3) is 0.538. The van der Waals surface area contributed by atoms with Gasteiger partial charge in [0.05, 0.1) is 6.61 Å². The van der Waals surface area contributed by atoms with Gasteiger partial charge in [0.15, 0.2) is 0 Å². The van der Waals surface area contributed by atoms with E-state index in [-0.39, 0.29) is 0 Å². The molecule has 0 bridgehead atoms. The predicted octanol–water partition coefficient (Wildman–Crippen LogP) is 2.16. The maximum absolute atomic E-state index is 5.71. The van der Waals surface area contributed by atoms with Gasteiger partial charge in [0.2, 0.25) is 0 Å². The standard InChI is InChI=1S/C13H17NO/c1-13(8-14-9-13)6-10-7-15-12-5-3-2-4-11(10)12/h2-5,10,14H,6-9H2,1H3. The SMILES string of the molecule is CC1(CC2COc3ccccc32)CNC1. The summed E-state index contributed by atoms with van der Waals surface area (Å²) in [6.45, 7) is 5.55. The van der Waals surface area contributed by atoms with Crippen molar-refractivity contribution in [3.63, 3.8) is 0 Å². The number of hydrogen-bond donors (Lipinski definition) is 1. The van der Waals surface area contributed by atoms with E-state index < -0.39 is 0 Å². The van der Waals surface area contributed by atoms with E-state index in [1.807, 2.05) is 6.07 Å². The van der Waals surface area contributed by atoms with Gasteiger partial charge in [0.25, 0.3) is 0 Å². The normalized spacial score (nSPS) is 26.6. The lowest BCUT2D eigenvalue weighted by molar-refractivity contribution is 0.156. The molecule has 80 valence electrons. The molecule has 0 aromatic heterocycles. The molecule has 0 radical (unpaired) electrons. The summed E-state index contributed by atoms with van der Waals surface area (Å²) in [5.74, 6) is 1.70. The van der Waals surface area contributed by atoms with Crippen LogP contribution in [0.25, 0.3) is 0 Å². The van der Waals surface area contributed by atoms with Crippen molar-refractivity contribution in [1.82, 2.24) is 5.32 Å². The van der Waals surface area contributed by atoms with Crippen molar-refractivity contribution in [3.05, 3.63) is 29.8 Å². The Kier molecular flexibility index (Phi) is 1.99. The molecule has 1 N–H and O–H groups in total. The van der Waals surface area contributed by atoms with Gasteiger partial charge in [-0.05, 0) is 17.9 Å². The van der Waals surface area contributed by atoms with Crippen molar-refractivity contribution in [3.8, 4) is 5.75 Å². The van der Waals surface area contributed by atoms with Crippen LogP contribution in [-0.4, -0.2) is 19.7 Å². The lowest BCUT2D eigenvalue weighted by Crippen LogP contribution is -2.52. The highest BCUT2D eigenvalue weighted by Crippen LogP contribution is 2.41. The average Bonchev–Trinajstić information content (AvgIpc) is 2.60. The molecular formula is C13H17NO. The molecule has 1 saturated heterocycles. The molecule has 0 spiro atoms. The molecule has 2 aliphatic rings. The van der Waals surface area contributed by atoms with Crippen molar-refractivity contribution in [1.29, 1.82) is 0 Å². The first-order chi connectivity index (χ1) is 7.27. The van der Waals surface area contributed by atoms with Crippen molar-refractivity contribution < 1.29 is 4.74 Å². The summed E-state index contributed by atoms with van der Waals surface area (Å²) >= 11 is 0. The van der Waals surface area contributed by atoms with Gasteiger partial charge in [-0.25, -0.2) is 0 Å². The van der Waals surface area contributed by atoms with E-state index >= 15 is 0 Å². The van der Waals surface area contributed by atoms with Crippen LogP contribution in [0.2, 0.25) is 0 Å². The number of nitrogens with one attached hydrogen (secondary N) is 1. The van der Waals surface area contributed by atoms with Crippen molar-refractivity contribution >= 4 is 0 Å². The Morgan fingerprint density at radius 2 is 2.20 bits per heavy atom. The van der Waals surface area contributed by atoms with Crippen LogP contribution in [0.15, 0.2) is 24.3 Å². The van der Waals surface area contributed by atoms with Crippen molar-refractivity contribution in [2.24, 2.45) is 5.41 Å². The molecule has 1 unspecified atom stereocenters. The van der Waals surface area contributed by atoms with Crippen LogP contribution in [0.4, 0.5) is 0 Å². The summed E-state index contributed by atoms with van der Waals surface area (Å²) in [6.07, 6.45) is 1.25. The van der Waals surface area contributed by atoms with E-state index in [0.717, 1.165) is 25.4 Å². The van der Waals surface area contributed by atoms with Crippen molar-refractivity contribution in [2.45, 2.75) is 19.3 Å². The smallest absolute Gasteiger partial charge is 0.122 e. The molecule has 3 rings (SSSR count). The summed E-state index contributed by atoms with van der Waals surface area (Å²) < 4.78 is 5.71. The number of hydrogen-bond acceptors (Lipinski definition) is 2. The van der Waals surface area contributed by atoms with Gasteiger partial charge in [-0.1, -0.05) is 25.1 Å². The van der Waals surface area contributed by atoms with Gasteiger partial charge < -0.3 is 10.1 Å². The van der Waals surface area contributed by atoms with Crippen LogP contribution in [0.1, 0.15) is 24.8 Å². The van der Waals surface area contributed by atoms with E-state index in [0.29, 0.717) is 11.3 Å². The number of fused-ring (bicyclic) bond motifs is 1. The molecule has 0 amide bonds. The first-order valence-electron chi connectivity index (χ1n) is 5.69. The maximum atomic E-state index is 5.71. The highest BCUT2D eigenvalue weighted by molar-refractivity contribution is 5.39. The summed E-state index contributed by atoms with van der Waals surface area (Å²) in [5.41, 5.74) is 1.90. The van der Waals surface area contributed by atoms with Gasteiger partial charge in [0.1, 0.15) is 5.75 Å². The topological polar surface area (TPSA) is 21.3 Å². The highest BCUT2D eigenvalue weighted by atomic mass is 16.5. The Balaban J connectivity index is 1.79. The molecule has 2 aliphatic heterocycles. The third-order valence-electron chi connectivity index (χ3n) is 3.64. The molecule has 1 atom stereocenters. The molecule has 0 saturated carbocycles. The second-order valence-electron chi connectivity index (χ2n) is 5.16. The fourth-order valence-electron chi connectivity index (χ4n) is 2.69. The van der Waals surface area contributed by atoms with E-state index in [2.05, 4.69) is 30.4 Å². The second kappa shape index (κ2) is 3.24. The lowest BCUT2D eigenvalue weighted by Gasteiger charge is -2.41. The summed E-state index contributed by atoms with van der Waals surface area (Å²) in [4.78, 5) is 0. The third-order valence-corrected chi connectivity index (χ3v) is 3.64. The molecule has 15 heavy (non-hydrogen) atoms. The molecule has 1 aromatic carbocycles. The Labute approximate surface area is 90.6 Å². The van der Waals surface area contributed by atoms with Crippen LogP contribution in [0.3, 0.4) is 0 Å². The minimum Gasteiger partial charge on any atom is -0.493 e. The zero-order valence-electron chi connectivity index (χ0n) is 9.12. The van der Waals surface area contributed by atoms with Gasteiger partial charge in [0, 0.05) is 24.6 Å². The van der Waals surface area contributed by atoms with Crippen LogP contribution < -0.4 is 10.1 Å². The minimum absolute atomic E-state index is 0.492. The number of benzene rings is 1. The Morgan fingerprint density at radius 3 is 2.93 bits per heavy atom. The van der Waals surface area contributed by atoms with E-state index in [4.69, 9.17) is 4.74 Å². The molecule has 1 fully saturated rings. The zero-order valence-corrected chi connectivity index (χ0v) is 9.12. The Morgan fingerprint density at radius 1 is 1.40 bits per heavy atom. The monoisotopic (exact) mass is 203 g/mol. The van der Waals surface area contributed by atoms with Gasteiger partial charge >= 0.3 is 0 Å². The lowest BCUT2D eigenvalue weighted by atomic mass is 9.75. The summed E-state index contributed by atoms with van der Waals surface area (Å²) in [5, 5.41) is 3.36. The molecule has 0 aliphatic carbocycles. The van der Waals surface area contributed by atoms with E-state index in [9.17, 15) is 0 Å².